The van der Waals surface area contributed by atoms with Crippen LogP contribution in [0.5, 0.6) is 0 Å². The third-order valence-electron chi connectivity index (χ3n) is 9.60. The first-order valence-electron chi connectivity index (χ1n) is 15.7. The van der Waals surface area contributed by atoms with Crippen LogP contribution in [0.4, 0.5) is 0 Å². The van der Waals surface area contributed by atoms with Gasteiger partial charge in [0, 0.05) is 38.8 Å². The molecule has 3 aliphatic heterocycles. The summed E-state index contributed by atoms with van der Waals surface area (Å²) >= 11 is 0. The van der Waals surface area contributed by atoms with Crippen molar-refractivity contribution >= 4 is 17.7 Å². The van der Waals surface area contributed by atoms with Crippen molar-refractivity contribution in [2.75, 3.05) is 26.2 Å². The number of aliphatic hydroxyl groups excluding tert-OH is 1. The second-order valence-electron chi connectivity index (χ2n) is 12.4. The molecule has 8 heteroatoms. The van der Waals surface area contributed by atoms with Crippen molar-refractivity contribution in [1.82, 2.24) is 14.7 Å². The molecule has 1 N–H and O–H groups in total. The number of nitrogens with zero attached hydrogens (tertiary/aromatic N) is 3. The van der Waals surface area contributed by atoms with Gasteiger partial charge >= 0.3 is 0 Å². The summed E-state index contributed by atoms with van der Waals surface area (Å²) in [5.74, 6) is -1.78. The summed E-state index contributed by atoms with van der Waals surface area (Å²) in [6.45, 7) is 15.4. The highest BCUT2D eigenvalue weighted by Crippen LogP contribution is 2.64. The number of amides is 3. The Morgan fingerprint density at radius 3 is 2.38 bits per heavy atom. The Hall–Kier alpha value is -2.97. The van der Waals surface area contributed by atoms with Crippen LogP contribution in [0.1, 0.15) is 71.3 Å². The fourth-order valence-electron chi connectivity index (χ4n) is 7.60. The summed E-state index contributed by atoms with van der Waals surface area (Å²) in [5, 5.41) is 9.20. The minimum atomic E-state index is -1.05. The van der Waals surface area contributed by atoms with Gasteiger partial charge in [0.1, 0.15) is 11.6 Å². The van der Waals surface area contributed by atoms with Crippen LogP contribution >= 0.6 is 0 Å². The zero-order valence-corrected chi connectivity index (χ0v) is 25.7. The van der Waals surface area contributed by atoms with Gasteiger partial charge in [-0.05, 0) is 51.5 Å². The van der Waals surface area contributed by atoms with Crippen molar-refractivity contribution in [2.24, 2.45) is 11.8 Å². The molecule has 1 aromatic carbocycles. The Bertz CT molecular complexity index is 1140. The van der Waals surface area contributed by atoms with Crippen LogP contribution in [0.2, 0.25) is 0 Å². The summed E-state index contributed by atoms with van der Waals surface area (Å²) in [6.07, 6.45) is 8.35. The molecule has 0 saturated carbocycles. The minimum absolute atomic E-state index is 0.0856. The average Bonchev–Trinajstić information content (AvgIpc) is 3.59. The highest BCUT2D eigenvalue weighted by Gasteiger charge is 2.79. The highest BCUT2D eigenvalue weighted by molar-refractivity contribution is 5.99. The maximum atomic E-state index is 14.5. The number of carbonyl (C=O) groups is 3. The molecule has 3 saturated heterocycles. The second-order valence-corrected chi connectivity index (χ2v) is 12.4. The summed E-state index contributed by atoms with van der Waals surface area (Å²) in [5.41, 5.74) is -0.832. The van der Waals surface area contributed by atoms with Crippen molar-refractivity contribution in [3.8, 4) is 0 Å². The normalized spacial score (nSPS) is 27.8. The molecule has 1 spiro atoms. The standard InChI is InChI=1S/C34H49N3O5/c1-6-20-35(24-26-16-12-11-13-17-26)30(39)27-28-31(40)37(22-14-9-10-15-23-38)29(32(41)36(21-7-2)25(4)5)34(28)19-18-33(27,8-3)42-34/h6-7,11-13,16-17,25,27-29,38H,1-2,8-10,14-15,18-24H2,3-5H3/t27-,28+,29?,33+,34?/m1/s1. The van der Waals surface area contributed by atoms with Crippen LogP contribution < -0.4 is 0 Å². The van der Waals surface area contributed by atoms with Crippen molar-refractivity contribution < 1.29 is 24.2 Å². The van der Waals surface area contributed by atoms with E-state index in [0.29, 0.717) is 51.9 Å². The molecular formula is C34H49N3O5. The molecule has 1 aromatic rings. The maximum Gasteiger partial charge on any atom is 0.248 e. The summed E-state index contributed by atoms with van der Waals surface area (Å²) in [4.78, 5) is 48.7. The molecule has 3 aliphatic rings. The first-order valence-corrected chi connectivity index (χ1v) is 15.7. The van der Waals surface area contributed by atoms with Crippen molar-refractivity contribution in [3.63, 3.8) is 0 Å². The number of fused-ring (bicyclic) bond motifs is 1. The molecule has 3 fully saturated rings. The van der Waals surface area contributed by atoms with Gasteiger partial charge in [-0.15, -0.1) is 13.2 Å². The Morgan fingerprint density at radius 2 is 1.76 bits per heavy atom. The van der Waals surface area contributed by atoms with Crippen LogP contribution in [0.15, 0.2) is 55.6 Å². The van der Waals surface area contributed by atoms with Crippen LogP contribution in [-0.4, -0.2) is 87.1 Å². The molecule has 0 aromatic heterocycles. The molecule has 2 bridgehead atoms. The van der Waals surface area contributed by atoms with E-state index in [1.807, 2.05) is 51.1 Å². The number of hydrogen-bond donors (Lipinski definition) is 1. The SMILES string of the molecule is C=CCN(Cc1ccccc1)C(=O)[C@H]1[C@H]2C(=O)N(CCCCCCO)C(C(=O)N(CC=C)C(C)C)C23CC[C@]1(CC)O3. The number of hydrogen-bond acceptors (Lipinski definition) is 5. The first kappa shape index (κ1) is 32.0. The van der Waals surface area contributed by atoms with E-state index in [-0.39, 0.29) is 30.4 Å². The van der Waals surface area contributed by atoms with E-state index >= 15 is 0 Å². The third-order valence-corrected chi connectivity index (χ3v) is 9.60. The predicted molar refractivity (Wildman–Crippen MR) is 163 cm³/mol. The monoisotopic (exact) mass is 579 g/mol. The van der Waals surface area contributed by atoms with Crippen LogP contribution in [0.25, 0.3) is 0 Å². The Balaban J connectivity index is 1.73. The molecule has 0 aliphatic carbocycles. The van der Waals surface area contributed by atoms with Gasteiger partial charge in [0.2, 0.25) is 17.7 Å². The molecule has 0 radical (unpaired) electrons. The summed E-state index contributed by atoms with van der Waals surface area (Å²) in [7, 11) is 0. The number of benzene rings is 1. The number of unbranched alkanes of at least 4 members (excludes halogenated alkanes) is 3. The van der Waals surface area contributed by atoms with Crippen LogP contribution in [0, 0.1) is 11.8 Å². The third kappa shape index (κ3) is 5.68. The minimum Gasteiger partial charge on any atom is -0.396 e. The molecule has 230 valence electrons. The van der Waals surface area contributed by atoms with E-state index in [1.54, 1.807) is 26.9 Å². The Morgan fingerprint density at radius 1 is 1.07 bits per heavy atom. The average molecular weight is 580 g/mol. The number of rotatable bonds is 16. The molecule has 3 amide bonds. The maximum absolute atomic E-state index is 14.5. The molecule has 4 rings (SSSR count). The van der Waals surface area contributed by atoms with Gasteiger partial charge in [0.15, 0.2) is 0 Å². The zero-order valence-electron chi connectivity index (χ0n) is 25.7. The molecule has 3 heterocycles. The van der Waals surface area contributed by atoms with E-state index < -0.39 is 29.1 Å². The lowest BCUT2D eigenvalue weighted by Crippen LogP contribution is -2.57. The predicted octanol–water partition coefficient (Wildman–Crippen LogP) is 4.33. The molecule has 5 atom stereocenters. The largest absolute Gasteiger partial charge is 0.396 e. The smallest absolute Gasteiger partial charge is 0.248 e. The number of aliphatic hydroxyl groups is 1. The van der Waals surface area contributed by atoms with Crippen LogP contribution in [-0.2, 0) is 25.7 Å². The van der Waals surface area contributed by atoms with E-state index in [1.165, 1.54) is 0 Å². The lowest BCUT2D eigenvalue weighted by atomic mass is 9.64. The molecule has 2 unspecified atom stereocenters. The summed E-state index contributed by atoms with van der Waals surface area (Å²) < 4.78 is 6.98. The van der Waals surface area contributed by atoms with Gasteiger partial charge in [-0.2, -0.15) is 0 Å². The van der Waals surface area contributed by atoms with Gasteiger partial charge in [-0.25, -0.2) is 0 Å². The topological polar surface area (TPSA) is 90.4 Å². The second kappa shape index (κ2) is 13.6. The quantitative estimate of drug-likeness (QED) is 0.233. The number of ether oxygens (including phenoxy) is 1. The van der Waals surface area contributed by atoms with Crippen molar-refractivity contribution in [2.45, 2.75) is 95.5 Å². The van der Waals surface area contributed by atoms with E-state index in [2.05, 4.69) is 13.2 Å². The van der Waals surface area contributed by atoms with Crippen LogP contribution in [0.3, 0.4) is 0 Å². The van der Waals surface area contributed by atoms with Gasteiger partial charge in [0.25, 0.3) is 0 Å². The fraction of sp³-hybridized carbons (Fsp3) is 0.618. The lowest BCUT2D eigenvalue weighted by Gasteiger charge is -2.38. The van der Waals surface area contributed by atoms with E-state index in [9.17, 15) is 19.5 Å². The number of carbonyl (C=O) groups excluding carboxylic acids is 3. The zero-order chi connectivity index (χ0) is 30.5. The fourth-order valence-corrected chi connectivity index (χ4v) is 7.60. The van der Waals surface area contributed by atoms with E-state index in [0.717, 1.165) is 24.8 Å². The molecule has 42 heavy (non-hydrogen) atoms. The molecule has 8 nitrogen and oxygen atoms in total. The van der Waals surface area contributed by atoms with E-state index in [4.69, 9.17) is 4.74 Å². The Kier molecular flexibility index (Phi) is 10.3. The van der Waals surface area contributed by atoms with Gasteiger partial charge in [-0.3, -0.25) is 14.4 Å². The number of likely N-dealkylation sites (tertiary alicyclic amines) is 1. The molecular weight excluding hydrogens is 530 g/mol. The Labute approximate surface area is 251 Å². The lowest BCUT2D eigenvalue weighted by molar-refractivity contribution is -0.156. The van der Waals surface area contributed by atoms with Gasteiger partial charge < -0.3 is 24.5 Å². The highest BCUT2D eigenvalue weighted by atomic mass is 16.5. The van der Waals surface area contributed by atoms with Gasteiger partial charge in [-0.1, -0.05) is 62.2 Å². The van der Waals surface area contributed by atoms with Gasteiger partial charge in [0.05, 0.1) is 17.4 Å². The first-order chi connectivity index (χ1) is 20.2. The van der Waals surface area contributed by atoms with Crippen molar-refractivity contribution in [3.05, 3.63) is 61.2 Å². The summed E-state index contributed by atoms with van der Waals surface area (Å²) in [6, 6.07) is 8.96. The van der Waals surface area contributed by atoms with Crippen molar-refractivity contribution in [1.29, 1.82) is 0 Å².